The number of aromatic nitrogens is 2. The molecule has 1 aliphatic rings. The van der Waals surface area contributed by atoms with Crippen molar-refractivity contribution in [3.8, 4) is 17.1 Å². The van der Waals surface area contributed by atoms with E-state index in [4.69, 9.17) is 9.47 Å². The highest BCUT2D eigenvalue weighted by molar-refractivity contribution is 5.64. The number of nitro groups is 1. The summed E-state index contributed by atoms with van der Waals surface area (Å²) in [4.78, 5) is 14.0. The molecule has 2 aromatic carbocycles. The van der Waals surface area contributed by atoms with E-state index in [-0.39, 0.29) is 24.5 Å². The predicted molar refractivity (Wildman–Crippen MR) is 109 cm³/mol. The topological polar surface area (TPSA) is 79.4 Å². The Morgan fingerprint density at radius 1 is 1.12 bits per heavy atom. The number of imidazole rings is 1. The summed E-state index contributed by atoms with van der Waals surface area (Å²) in [6.07, 6.45) is -1.66. The normalized spacial score (nSPS) is 15.8. The van der Waals surface area contributed by atoms with Gasteiger partial charge in [-0.3, -0.25) is 4.57 Å². The van der Waals surface area contributed by atoms with E-state index in [1.807, 2.05) is 24.3 Å². The van der Waals surface area contributed by atoms with Crippen LogP contribution < -0.4 is 4.74 Å². The van der Waals surface area contributed by atoms with Gasteiger partial charge < -0.3 is 19.6 Å². The lowest BCUT2D eigenvalue weighted by Gasteiger charge is -2.22. The van der Waals surface area contributed by atoms with Gasteiger partial charge in [-0.25, -0.2) is 0 Å². The molecule has 0 unspecified atom stereocenters. The van der Waals surface area contributed by atoms with Gasteiger partial charge in [0.25, 0.3) is 0 Å². The zero-order valence-corrected chi connectivity index (χ0v) is 16.9. The van der Waals surface area contributed by atoms with Gasteiger partial charge in [-0.2, -0.15) is 13.2 Å². The zero-order valence-electron chi connectivity index (χ0n) is 16.9. The first-order valence-electron chi connectivity index (χ1n) is 10.0. The molecule has 0 bridgehead atoms. The van der Waals surface area contributed by atoms with Crippen molar-refractivity contribution in [2.45, 2.75) is 31.7 Å². The maximum Gasteiger partial charge on any atom is 0.416 e. The second-order valence-corrected chi connectivity index (χ2v) is 7.47. The summed E-state index contributed by atoms with van der Waals surface area (Å²) in [5, 5.41) is 10.8. The Balaban J connectivity index is 1.24. The lowest BCUT2D eigenvalue weighted by atomic mass is 10.0. The molecule has 32 heavy (non-hydrogen) atoms. The molecule has 0 saturated carbocycles. The number of rotatable bonds is 7. The van der Waals surface area contributed by atoms with Crippen molar-refractivity contribution in [3.63, 3.8) is 0 Å². The van der Waals surface area contributed by atoms with Gasteiger partial charge in [-0.15, -0.1) is 0 Å². The molecule has 0 aliphatic carbocycles. The molecule has 1 aliphatic heterocycles. The van der Waals surface area contributed by atoms with Crippen molar-refractivity contribution in [2.75, 3.05) is 13.2 Å². The predicted octanol–water partition coefficient (Wildman–Crippen LogP) is 4.89. The molecule has 168 valence electrons. The molecule has 1 atom stereocenters. The minimum atomic E-state index is -4.34. The summed E-state index contributed by atoms with van der Waals surface area (Å²) in [6.45, 7) is 1.23. The Morgan fingerprint density at radius 2 is 1.78 bits per heavy atom. The summed E-state index contributed by atoms with van der Waals surface area (Å²) in [6, 6.07) is 13.0. The van der Waals surface area contributed by atoms with Gasteiger partial charge in [0.1, 0.15) is 18.9 Å². The highest BCUT2D eigenvalue weighted by atomic mass is 19.4. The van der Waals surface area contributed by atoms with Crippen LogP contribution in [-0.2, 0) is 23.9 Å². The number of aryl methyl sites for hydroxylation is 1. The van der Waals surface area contributed by atoms with Gasteiger partial charge in [-0.1, -0.05) is 36.4 Å². The highest BCUT2D eigenvalue weighted by Gasteiger charge is 2.30. The molecule has 4 rings (SSSR count). The van der Waals surface area contributed by atoms with Crippen LogP contribution in [0.5, 0.6) is 6.01 Å². The second kappa shape index (κ2) is 8.99. The largest absolute Gasteiger partial charge is 0.443 e. The van der Waals surface area contributed by atoms with Crippen molar-refractivity contribution in [3.05, 3.63) is 76.0 Å². The third-order valence-corrected chi connectivity index (χ3v) is 5.18. The number of ether oxygens (including phenoxy) is 2. The Kier molecular flexibility index (Phi) is 6.13. The molecular formula is C22H20F3N3O4. The van der Waals surface area contributed by atoms with E-state index >= 15 is 0 Å². The van der Waals surface area contributed by atoms with Gasteiger partial charge in [0.15, 0.2) is 0 Å². The SMILES string of the molecule is O=[N+]([O-])c1cn2c(n1)OC[C@@H](OCCCc1ccc(-c3ccc(C(F)(F)F)cc3)cc1)C2. The van der Waals surface area contributed by atoms with E-state index in [0.29, 0.717) is 13.2 Å². The minimum absolute atomic E-state index is 0.210. The van der Waals surface area contributed by atoms with Crippen molar-refractivity contribution >= 4 is 5.82 Å². The number of halogens is 3. The van der Waals surface area contributed by atoms with Crippen molar-refractivity contribution in [1.29, 1.82) is 0 Å². The fourth-order valence-electron chi connectivity index (χ4n) is 3.50. The van der Waals surface area contributed by atoms with E-state index in [0.717, 1.165) is 41.7 Å². The van der Waals surface area contributed by atoms with Crippen LogP contribution >= 0.6 is 0 Å². The number of alkyl halides is 3. The smallest absolute Gasteiger partial charge is 0.416 e. The first kappa shape index (κ1) is 21.8. The van der Waals surface area contributed by atoms with Crippen molar-refractivity contribution in [1.82, 2.24) is 9.55 Å². The van der Waals surface area contributed by atoms with Gasteiger partial charge in [0, 0.05) is 11.6 Å². The number of hydrogen-bond donors (Lipinski definition) is 0. The molecule has 0 saturated heterocycles. The minimum Gasteiger partial charge on any atom is -0.443 e. The van der Waals surface area contributed by atoms with E-state index in [1.165, 1.54) is 18.3 Å². The van der Waals surface area contributed by atoms with Gasteiger partial charge in [0.2, 0.25) is 0 Å². The van der Waals surface area contributed by atoms with E-state index < -0.39 is 16.7 Å². The Bertz CT molecular complexity index is 1080. The summed E-state index contributed by atoms with van der Waals surface area (Å²) in [5.74, 6) is -0.250. The summed E-state index contributed by atoms with van der Waals surface area (Å²) < 4.78 is 50.9. The van der Waals surface area contributed by atoms with Gasteiger partial charge in [0.05, 0.1) is 12.1 Å². The molecule has 1 aromatic heterocycles. The number of benzene rings is 2. The average Bonchev–Trinajstić information content (AvgIpc) is 3.21. The standard InChI is InChI=1S/C22H20F3N3O4/c23-22(24,25)18-9-7-17(8-10-18)16-5-3-15(4-6-16)2-1-11-31-19-12-27-13-20(28(29)30)26-21(27)32-14-19/h3-10,13,19H,1-2,11-12,14H2/t19-/m0/s1. The van der Waals surface area contributed by atoms with Crippen LogP contribution in [0.2, 0.25) is 0 Å². The molecule has 0 spiro atoms. The van der Waals surface area contributed by atoms with E-state index in [2.05, 4.69) is 4.98 Å². The Hall–Kier alpha value is -3.40. The van der Waals surface area contributed by atoms with Crippen LogP contribution in [0.4, 0.5) is 19.0 Å². The molecular weight excluding hydrogens is 427 g/mol. The number of fused-ring (bicyclic) bond motifs is 1. The van der Waals surface area contributed by atoms with Gasteiger partial charge >= 0.3 is 18.0 Å². The monoisotopic (exact) mass is 447 g/mol. The fourth-order valence-corrected chi connectivity index (χ4v) is 3.50. The van der Waals surface area contributed by atoms with Gasteiger partial charge in [-0.05, 0) is 46.6 Å². The number of hydrogen-bond acceptors (Lipinski definition) is 5. The summed E-state index contributed by atoms with van der Waals surface area (Å²) in [7, 11) is 0. The number of nitrogens with zero attached hydrogens (tertiary/aromatic N) is 3. The average molecular weight is 447 g/mol. The van der Waals surface area contributed by atoms with Crippen LogP contribution in [0.15, 0.2) is 54.7 Å². The summed E-state index contributed by atoms with van der Waals surface area (Å²) >= 11 is 0. The van der Waals surface area contributed by atoms with E-state index in [9.17, 15) is 23.3 Å². The second-order valence-electron chi connectivity index (χ2n) is 7.47. The third kappa shape index (κ3) is 5.08. The van der Waals surface area contributed by atoms with Crippen LogP contribution in [0.25, 0.3) is 11.1 Å². The fraction of sp³-hybridized carbons (Fsp3) is 0.318. The van der Waals surface area contributed by atoms with Crippen molar-refractivity contribution < 1.29 is 27.6 Å². The molecule has 3 aromatic rings. The molecule has 0 N–H and O–H groups in total. The van der Waals surface area contributed by atoms with Crippen molar-refractivity contribution in [2.24, 2.45) is 0 Å². The quantitative estimate of drug-likeness (QED) is 0.293. The lowest BCUT2D eigenvalue weighted by Crippen LogP contribution is -2.32. The lowest BCUT2D eigenvalue weighted by molar-refractivity contribution is -0.389. The first-order valence-corrected chi connectivity index (χ1v) is 10.0. The summed E-state index contributed by atoms with van der Waals surface area (Å²) in [5.41, 5.74) is 2.01. The molecule has 7 nitrogen and oxygen atoms in total. The third-order valence-electron chi connectivity index (χ3n) is 5.18. The molecule has 0 amide bonds. The maximum atomic E-state index is 12.7. The molecule has 0 radical (unpaired) electrons. The molecule has 2 heterocycles. The maximum absolute atomic E-state index is 12.7. The van der Waals surface area contributed by atoms with E-state index in [1.54, 1.807) is 4.57 Å². The Morgan fingerprint density at radius 3 is 2.41 bits per heavy atom. The zero-order chi connectivity index (χ0) is 22.7. The van der Waals surface area contributed by atoms with Crippen LogP contribution in [-0.4, -0.2) is 33.8 Å². The highest BCUT2D eigenvalue weighted by Crippen LogP contribution is 2.31. The Labute approximate surface area is 181 Å². The first-order chi connectivity index (χ1) is 15.3. The van der Waals surface area contributed by atoms with Crippen LogP contribution in [0.3, 0.4) is 0 Å². The molecule has 0 fully saturated rings. The molecule has 10 heteroatoms. The van der Waals surface area contributed by atoms with Crippen LogP contribution in [0.1, 0.15) is 17.5 Å². The van der Waals surface area contributed by atoms with Crippen LogP contribution in [0, 0.1) is 10.1 Å².